The second kappa shape index (κ2) is 3.46. The summed E-state index contributed by atoms with van der Waals surface area (Å²) < 4.78 is 18.7. The number of ether oxygens (including phenoxy) is 1. The number of hydrogen-bond acceptors (Lipinski definition) is 1. The lowest BCUT2D eigenvalue weighted by Gasteiger charge is -2.08. The predicted molar refractivity (Wildman–Crippen MR) is 49.2 cm³/mol. The highest BCUT2D eigenvalue weighted by Crippen LogP contribution is 2.30. The minimum atomic E-state index is -0.106. The van der Waals surface area contributed by atoms with Crippen LogP contribution in [0.5, 0.6) is 0 Å². The summed E-state index contributed by atoms with van der Waals surface area (Å²) in [4.78, 5) is 0. The molecule has 1 aromatic rings. The standard InChI is InChI=1S/C11H13FO/c1-8-6-9(7-13-8)10-4-2-3-5-11(10)12/h2-5,8-9H,6-7H2,1H3. The summed E-state index contributed by atoms with van der Waals surface area (Å²) in [7, 11) is 0. The Bertz CT molecular complexity index is 298. The molecule has 1 aliphatic rings. The molecule has 0 aromatic heterocycles. The van der Waals surface area contributed by atoms with Crippen LogP contribution in [0.1, 0.15) is 24.8 Å². The van der Waals surface area contributed by atoms with Gasteiger partial charge in [-0.15, -0.1) is 0 Å². The van der Waals surface area contributed by atoms with Gasteiger partial charge in [-0.25, -0.2) is 4.39 Å². The Balaban J connectivity index is 2.21. The quantitative estimate of drug-likeness (QED) is 0.645. The Morgan fingerprint density at radius 3 is 2.77 bits per heavy atom. The Kier molecular flexibility index (Phi) is 2.32. The topological polar surface area (TPSA) is 9.23 Å². The van der Waals surface area contributed by atoms with E-state index in [2.05, 4.69) is 0 Å². The SMILES string of the molecule is CC1CC(c2ccccc2F)CO1. The summed E-state index contributed by atoms with van der Waals surface area (Å²) in [5.41, 5.74) is 0.798. The summed E-state index contributed by atoms with van der Waals surface area (Å²) >= 11 is 0. The van der Waals surface area contributed by atoms with Crippen molar-refractivity contribution in [1.29, 1.82) is 0 Å². The molecule has 1 nitrogen and oxygen atoms in total. The van der Waals surface area contributed by atoms with Crippen molar-refractivity contribution in [3.05, 3.63) is 35.6 Å². The van der Waals surface area contributed by atoms with Gasteiger partial charge in [0.1, 0.15) is 5.82 Å². The molecular formula is C11H13FO. The molecule has 1 fully saturated rings. The van der Waals surface area contributed by atoms with E-state index in [-0.39, 0.29) is 17.8 Å². The number of hydrogen-bond donors (Lipinski definition) is 0. The van der Waals surface area contributed by atoms with Gasteiger partial charge in [0.25, 0.3) is 0 Å². The molecule has 0 bridgehead atoms. The van der Waals surface area contributed by atoms with Crippen LogP contribution in [0.2, 0.25) is 0 Å². The summed E-state index contributed by atoms with van der Waals surface area (Å²) in [6, 6.07) is 6.96. The molecule has 0 spiro atoms. The fraction of sp³-hybridized carbons (Fsp3) is 0.455. The van der Waals surface area contributed by atoms with Crippen LogP contribution in [0.3, 0.4) is 0 Å². The summed E-state index contributed by atoms with van der Waals surface area (Å²) in [6.45, 7) is 2.68. The average molecular weight is 180 g/mol. The molecule has 0 saturated carbocycles. The van der Waals surface area contributed by atoms with Gasteiger partial charge in [-0.2, -0.15) is 0 Å². The molecule has 0 amide bonds. The van der Waals surface area contributed by atoms with Gasteiger partial charge in [0.05, 0.1) is 12.7 Å². The molecule has 13 heavy (non-hydrogen) atoms. The average Bonchev–Trinajstić information content (AvgIpc) is 2.53. The first-order valence-corrected chi connectivity index (χ1v) is 4.63. The molecule has 70 valence electrons. The highest BCUT2D eigenvalue weighted by molar-refractivity contribution is 5.22. The lowest BCUT2D eigenvalue weighted by atomic mass is 9.96. The summed E-state index contributed by atoms with van der Waals surface area (Å²) in [5, 5.41) is 0. The second-order valence-electron chi connectivity index (χ2n) is 3.60. The molecular weight excluding hydrogens is 167 g/mol. The Morgan fingerprint density at radius 1 is 1.38 bits per heavy atom. The van der Waals surface area contributed by atoms with Crippen molar-refractivity contribution < 1.29 is 9.13 Å². The van der Waals surface area contributed by atoms with E-state index >= 15 is 0 Å². The van der Waals surface area contributed by atoms with Gasteiger partial charge in [-0.05, 0) is 25.0 Å². The molecule has 2 unspecified atom stereocenters. The lowest BCUT2D eigenvalue weighted by molar-refractivity contribution is 0.123. The third kappa shape index (κ3) is 1.73. The molecule has 1 saturated heterocycles. The molecule has 2 atom stereocenters. The van der Waals surface area contributed by atoms with Crippen LogP contribution in [0, 0.1) is 5.82 Å². The van der Waals surface area contributed by atoms with E-state index in [1.54, 1.807) is 6.07 Å². The molecule has 0 radical (unpaired) electrons. The van der Waals surface area contributed by atoms with E-state index in [0.717, 1.165) is 12.0 Å². The minimum absolute atomic E-state index is 0.106. The lowest BCUT2D eigenvalue weighted by Crippen LogP contribution is -2.00. The van der Waals surface area contributed by atoms with Crippen molar-refractivity contribution >= 4 is 0 Å². The van der Waals surface area contributed by atoms with Gasteiger partial charge in [0.15, 0.2) is 0 Å². The summed E-state index contributed by atoms with van der Waals surface area (Å²) in [5.74, 6) is 0.140. The largest absolute Gasteiger partial charge is 0.378 e. The first-order chi connectivity index (χ1) is 6.27. The van der Waals surface area contributed by atoms with Crippen molar-refractivity contribution in [2.24, 2.45) is 0 Å². The molecule has 1 heterocycles. The smallest absolute Gasteiger partial charge is 0.126 e. The first-order valence-electron chi connectivity index (χ1n) is 4.63. The third-order valence-electron chi connectivity index (χ3n) is 2.54. The van der Waals surface area contributed by atoms with Gasteiger partial charge in [0, 0.05) is 5.92 Å². The van der Waals surface area contributed by atoms with Crippen LogP contribution >= 0.6 is 0 Å². The molecule has 1 aromatic carbocycles. The van der Waals surface area contributed by atoms with Gasteiger partial charge in [-0.1, -0.05) is 18.2 Å². The second-order valence-corrected chi connectivity index (χ2v) is 3.60. The van der Waals surface area contributed by atoms with E-state index in [1.165, 1.54) is 6.07 Å². The van der Waals surface area contributed by atoms with E-state index in [4.69, 9.17) is 4.74 Å². The molecule has 2 rings (SSSR count). The maximum absolute atomic E-state index is 13.3. The van der Waals surface area contributed by atoms with Crippen LogP contribution in [0.15, 0.2) is 24.3 Å². The van der Waals surface area contributed by atoms with Crippen LogP contribution in [-0.4, -0.2) is 12.7 Å². The number of halogens is 1. The normalized spacial score (nSPS) is 27.8. The van der Waals surface area contributed by atoms with Crippen LogP contribution < -0.4 is 0 Å². The Hall–Kier alpha value is -0.890. The fourth-order valence-corrected chi connectivity index (χ4v) is 1.84. The zero-order valence-electron chi connectivity index (χ0n) is 7.66. The van der Waals surface area contributed by atoms with Crippen molar-refractivity contribution in [2.75, 3.05) is 6.61 Å². The Morgan fingerprint density at radius 2 is 2.15 bits per heavy atom. The first kappa shape index (κ1) is 8.70. The van der Waals surface area contributed by atoms with Gasteiger partial charge < -0.3 is 4.74 Å². The van der Waals surface area contributed by atoms with Crippen molar-refractivity contribution in [1.82, 2.24) is 0 Å². The highest BCUT2D eigenvalue weighted by Gasteiger charge is 2.25. The van der Waals surface area contributed by atoms with Crippen molar-refractivity contribution in [2.45, 2.75) is 25.4 Å². The number of benzene rings is 1. The Labute approximate surface area is 77.5 Å². The van der Waals surface area contributed by atoms with Gasteiger partial charge in [0.2, 0.25) is 0 Å². The highest BCUT2D eigenvalue weighted by atomic mass is 19.1. The fourth-order valence-electron chi connectivity index (χ4n) is 1.84. The van der Waals surface area contributed by atoms with Crippen LogP contribution in [0.25, 0.3) is 0 Å². The molecule has 1 aliphatic heterocycles. The van der Waals surface area contributed by atoms with Gasteiger partial charge >= 0.3 is 0 Å². The minimum Gasteiger partial charge on any atom is -0.378 e. The monoisotopic (exact) mass is 180 g/mol. The van der Waals surface area contributed by atoms with Crippen molar-refractivity contribution in [3.8, 4) is 0 Å². The zero-order valence-corrected chi connectivity index (χ0v) is 7.66. The van der Waals surface area contributed by atoms with Crippen LogP contribution in [-0.2, 0) is 4.74 Å². The van der Waals surface area contributed by atoms with E-state index in [0.29, 0.717) is 6.61 Å². The van der Waals surface area contributed by atoms with E-state index < -0.39 is 0 Å². The molecule has 2 heteroatoms. The zero-order chi connectivity index (χ0) is 9.26. The van der Waals surface area contributed by atoms with E-state index in [9.17, 15) is 4.39 Å². The summed E-state index contributed by atoms with van der Waals surface area (Å²) in [6.07, 6.45) is 1.20. The van der Waals surface area contributed by atoms with Gasteiger partial charge in [-0.3, -0.25) is 0 Å². The van der Waals surface area contributed by atoms with Crippen LogP contribution in [0.4, 0.5) is 4.39 Å². The maximum Gasteiger partial charge on any atom is 0.126 e. The van der Waals surface area contributed by atoms with E-state index in [1.807, 2.05) is 19.1 Å². The molecule has 0 N–H and O–H groups in total. The maximum atomic E-state index is 13.3. The van der Waals surface area contributed by atoms with Crippen molar-refractivity contribution in [3.63, 3.8) is 0 Å². The number of rotatable bonds is 1. The third-order valence-corrected chi connectivity index (χ3v) is 2.54. The molecule has 0 aliphatic carbocycles. The predicted octanol–water partition coefficient (Wildman–Crippen LogP) is 2.72.